The normalized spacial score (nSPS) is 10.7. The molecule has 21 heavy (non-hydrogen) atoms. The summed E-state index contributed by atoms with van der Waals surface area (Å²) in [5, 5.41) is 0.399. The predicted octanol–water partition coefficient (Wildman–Crippen LogP) is 3.31. The van der Waals surface area contributed by atoms with Crippen LogP contribution in [0.4, 0.5) is 8.78 Å². The summed E-state index contributed by atoms with van der Waals surface area (Å²) in [6.45, 7) is 1.65. The molecule has 0 unspecified atom stereocenters. The van der Waals surface area contributed by atoms with Gasteiger partial charge in [0, 0.05) is 12.4 Å². The Bertz CT molecular complexity index is 650. The van der Waals surface area contributed by atoms with Crippen LogP contribution in [0.5, 0.6) is 0 Å². The molecule has 0 aliphatic carbocycles. The van der Waals surface area contributed by atoms with Crippen molar-refractivity contribution in [2.45, 2.75) is 13.3 Å². The first-order chi connectivity index (χ1) is 10.0. The van der Waals surface area contributed by atoms with E-state index in [2.05, 4.69) is 15.0 Å². The van der Waals surface area contributed by atoms with Crippen LogP contribution in [0.1, 0.15) is 29.4 Å². The van der Waals surface area contributed by atoms with Crippen LogP contribution in [-0.2, 0) is 4.74 Å². The predicted molar refractivity (Wildman–Crippen MR) is 71.2 cm³/mol. The first-order valence-corrected chi connectivity index (χ1v) is 6.34. The average Bonchev–Trinajstić information content (AvgIpc) is 2.47. The number of esters is 1. The number of alkyl halides is 2. The van der Waals surface area contributed by atoms with Crippen LogP contribution in [-0.4, -0.2) is 27.5 Å². The maximum absolute atomic E-state index is 13.0. The highest BCUT2D eigenvalue weighted by atomic mass is 35.5. The van der Waals surface area contributed by atoms with E-state index in [1.807, 2.05) is 0 Å². The molecule has 0 spiro atoms. The minimum atomic E-state index is -2.93. The lowest BCUT2D eigenvalue weighted by Gasteiger charge is -2.08. The Hall–Kier alpha value is -2.15. The largest absolute Gasteiger partial charge is 0.462 e. The van der Waals surface area contributed by atoms with Crippen molar-refractivity contribution in [3.05, 3.63) is 40.8 Å². The topological polar surface area (TPSA) is 65.0 Å². The fourth-order valence-corrected chi connectivity index (χ4v) is 1.67. The van der Waals surface area contributed by atoms with Gasteiger partial charge in [-0.25, -0.2) is 23.5 Å². The van der Waals surface area contributed by atoms with Gasteiger partial charge in [0.1, 0.15) is 17.0 Å². The minimum absolute atomic E-state index is 0.0185. The molecule has 8 heteroatoms. The number of carbonyl (C=O) groups is 1. The fourth-order valence-electron chi connectivity index (χ4n) is 1.56. The van der Waals surface area contributed by atoms with Crippen molar-refractivity contribution < 1.29 is 18.3 Å². The van der Waals surface area contributed by atoms with Crippen molar-refractivity contribution in [1.82, 2.24) is 15.0 Å². The molecular formula is C13H10ClF2N3O2. The first-order valence-electron chi connectivity index (χ1n) is 5.97. The number of rotatable bonds is 4. The fraction of sp³-hybridized carbons (Fsp3) is 0.231. The van der Waals surface area contributed by atoms with Crippen LogP contribution in [0.2, 0.25) is 5.02 Å². The molecule has 0 aliphatic heterocycles. The molecule has 0 aromatic carbocycles. The Labute approximate surface area is 124 Å². The number of ether oxygens (including phenoxy) is 1. The number of carbonyl (C=O) groups excluding carboxylic acids is 1. The number of pyridine rings is 1. The summed E-state index contributed by atoms with van der Waals surface area (Å²) in [7, 11) is 0. The van der Waals surface area contributed by atoms with Gasteiger partial charge in [-0.1, -0.05) is 11.6 Å². The summed E-state index contributed by atoms with van der Waals surface area (Å²) in [6.07, 6.45) is -0.571. The van der Waals surface area contributed by atoms with Gasteiger partial charge in [0.25, 0.3) is 6.43 Å². The standard InChI is InChI=1S/C13H10ClF2N3O2/c1-2-21-13(20)8-6-18-12(19-10(8)11(15)16)9-4-3-7(14)5-17-9/h3-6,11H,2H2,1H3. The van der Waals surface area contributed by atoms with Crippen LogP contribution in [0.15, 0.2) is 24.5 Å². The van der Waals surface area contributed by atoms with Gasteiger partial charge in [-0.2, -0.15) is 0 Å². The molecule has 0 atom stereocenters. The number of aromatic nitrogens is 3. The third kappa shape index (κ3) is 3.49. The summed E-state index contributed by atoms with van der Waals surface area (Å²) in [6, 6.07) is 3.03. The van der Waals surface area contributed by atoms with Gasteiger partial charge in [-0.05, 0) is 19.1 Å². The molecule has 0 fully saturated rings. The third-order valence-corrected chi connectivity index (χ3v) is 2.70. The van der Waals surface area contributed by atoms with Crippen molar-refractivity contribution in [2.24, 2.45) is 0 Å². The summed E-state index contributed by atoms with van der Waals surface area (Å²) in [5.41, 5.74) is -0.767. The zero-order chi connectivity index (χ0) is 15.4. The van der Waals surface area contributed by atoms with Crippen LogP contribution in [0.3, 0.4) is 0 Å². The Kier molecular flexibility index (Phi) is 4.74. The van der Waals surface area contributed by atoms with Crippen LogP contribution in [0, 0.1) is 0 Å². The van der Waals surface area contributed by atoms with E-state index in [4.69, 9.17) is 16.3 Å². The van der Waals surface area contributed by atoms with Crippen molar-refractivity contribution >= 4 is 17.6 Å². The van der Waals surface area contributed by atoms with Gasteiger partial charge in [0.2, 0.25) is 0 Å². The second-order valence-electron chi connectivity index (χ2n) is 3.88. The van der Waals surface area contributed by atoms with E-state index in [1.54, 1.807) is 6.92 Å². The zero-order valence-electron chi connectivity index (χ0n) is 10.9. The molecule has 0 amide bonds. The van der Waals surface area contributed by atoms with Crippen molar-refractivity contribution in [1.29, 1.82) is 0 Å². The molecule has 110 valence electrons. The van der Waals surface area contributed by atoms with Gasteiger partial charge in [-0.3, -0.25) is 4.98 Å². The molecule has 0 saturated heterocycles. The lowest BCUT2D eigenvalue weighted by Crippen LogP contribution is -2.12. The highest BCUT2D eigenvalue weighted by Gasteiger charge is 2.23. The monoisotopic (exact) mass is 313 g/mol. The minimum Gasteiger partial charge on any atom is -0.462 e. The van der Waals surface area contributed by atoms with Gasteiger partial charge >= 0.3 is 5.97 Å². The summed E-state index contributed by atoms with van der Waals surface area (Å²) >= 11 is 5.70. The number of halogens is 3. The van der Waals surface area contributed by atoms with E-state index in [0.717, 1.165) is 6.20 Å². The van der Waals surface area contributed by atoms with E-state index in [-0.39, 0.29) is 23.7 Å². The van der Waals surface area contributed by atoms with Crippen LogP contribution >= 0.6 is 11.6 Å². The maximum atomic E-state index is 13.0. The quantitative estimate of drug-likeness (QED) is 0.810. The number of hydrogen-bond acceptors (Lipinski definition) is 5. The lowest BCUT2D eigenvalue weighted by molar-refractivity contribution is 0.0513. The van der Waals surface area contributed by atoms with Crippen molar-refractivity contribution in [2.75, 3.05) is 6.61 Å². The van der Waals surface area contributed by atoms with Gasteiger partial charge in [0.15, 0.2) is 5.82 Å². The van der Waals surface area contributed by atoms with E-state index in [9.17, 15) is 13.6 Å². The average molecular weight is 314 g/mol. The van der Waals surface area contributed by atoms with E-state index in [0.29, 0.717) is 5.02 Å². The van der Waals surface area contributed by atoms with Gasteiger partial charge in [0.05, 0.1) is 11.6 Å². The molecule has 0 radical (unpaired) electrons. The Morgan fingerprint density at radius 3 is 2.67 bits per heavy atom. The van der Waals surface area contributed by atoms with Gasteiger partial charge in [-0.15, -0.1) is 0 Å². The molecule has 0 aliphatic rings. The van der Waals surface area contributed by atoms with Crippen LogP contribution < -0.4 is 0 Å². The summed E-state index contributed by atoms with van der Waals surface area (Å²) < 4.78 is 30.8. The highest BCUT2D eigenvalue weighted by molar-refractivity contribution is 6.30. The molecule has 2 heterocycles. The Balaban J connectivity index is 2.45. The highest BCUT2D eigenvalue weighted by Crippen LogP contribution is 2.24. The molecular weight excluding hydrogens is 304 g/mol. The number of nitrogens with zero attached hydrogens (tertiary/aromatic N) is 3. The van der Waals surface area contributed by atoms with E-state index < -0.39 is 18.1 Å². The van der Waals surface area contributed by atoms with Crippen LogP contribution in [0.25, 0.3) is 11.5 Å². The molecule has 0 bridgehead atoms. The molecule has 2 aromatic rings. The second-order valence-corrected chi connectivity index (χ2v) is 4.31. The van der Waals surface area contributed by atoms with Crippen molar-refractivity contribution in [3.63, 3.8) is 0 Å². The Morgan fingerprint density at radius 2 is 2.10 bits per heavy atom. The second kappa shape index (κ2) is 6.53. The number of hydrogen-bond donors (Lipinski definition) is 0. The smallest absolute Gasteiger partial charge is 0.341 e. The van der Waals surface area contributed by atoms with E-state index >= 15 is 0 Å². The molecule has 0 saturated carbocycles. The third-order valence-electron chi connectivity index (χ3n) is 2.48. The Morgan fingerprint density at radius 1 is 1.33 bits per heavy atom. The molecule has 5 nitrogen and oxygen atoms in total. The molecule has 2 aromatic heterocycles. The van der Waals surface area contributed by atoms with E-state index in [1.165, 1.54) is 18.3 Å². The molecule has 0 N–H and O–H groups in total. The lowest BCUT2D eigenvalue weighted by atomic mass is 10.2. The SMILES string of the molecule is CCOC(=O)c1cnc(-c2ccc(Cl)cn2)nc1C(F)F. The molecule has 2 rings (SSSR count). The van der Waals surface area contributed by atoms with Gasteiger partial charge < -0.3 is 4.74 Å². The first kappa shape index (κ1) is 15.2. The summed E-state index contributed by atoms with van der Waals surface area (Å²) in [5.74, 6) is -0.904. The zero-order valence-corrected chi connectivity index (χ0v) is 11.6. The maximum Gasteiger partial charge on any atom is 0.341 e. The van der Waals surface area contributed by atoms with Crippen molar-refractivity contribution in [3.8, 4) is 11.5 Å². The summed E-state index contributed by atoms with van der Waals surface area (Å²) in [4.78, 5) is 23.1.